The van der Waals surface area contributed by atoms with Gasteiger partial charge < -0.3 is 9.42 Å². The molecule has 3 rings (SSSR count). The number of amides is 1. The van der Waals surface area contributed by atoms with Crippen LogP contribution in [0.25, 0.3) is 0 Å². The number of aryl methyl sites for hydroxylation is 2. The number of hydrogen-bond acceptors (Lipinski definition) is 6. The highest BCUT2D eigenvalue weighted by Gasteiger charge is 2.34. The van der Waals surface area contributed by atoms with E-state index in [1.54, 1.807) is 36.9 Å². The monoisotopic (exact) mass is 381 g/mol. The van der Waals surface area contributed by atoms with E-state index >= 15 is 0 Å². The van der Waals surface area contributed by atoms with Crippen LogP contribution in [0.2, 0.25) is 0 Å². The fraction of sp³-hybridized carbons (Fsp3) is 0.375. The summed E-state index contributed by atoms with van der Waals surface area (Å²) in [6.45, 7) is 4.29. The first-order chi connectivity index (χ1) is 11.8. The summed E-state index contributed by atoms with van der Waals surface area (Å²) in [5.41, 5.74) is 0.868. The Hall–Kier alpha value is -1.84. The van der Waals surface area contributed by atoms with E-state index in [-0.39, 0.29) is 29.7 Å². The van der Waals surface area contributed by atoms with Crippen molar-refractivity contribution >= 4 is 28.6 Å². The number of thiol groups is 1. The lowest BCUT2D eigenvalue weighted by Gasteiger charge is -2.34. The quantitative estimate of drug-likeness (QED) is 0.819. The van der Waals surface area contributed by atoms with Crippen LogP contribution < -0.4 is 0 Å². The lowest BCUT2D eigenvalue weighted by Crippen LogP contribution is -2.50. The maximum Gasteiger partial charge on any atom is 0.255 e. The molecule has 0 radical (unpaired) electrons. The fourth-order valence-electron chi connectivity index (χ4n) is 2.93. The standard InChI is InChI=1S/C16H19N3O4S2/c1-11-15(12(2)23-17-11)25(21,22)19-9-7-18(8-10-19)16(20)13-5-3-4-6-14(13)24/h3-6,24H,7-10H2,1-2H3. The number of carbonyl (C=O) groups is 1. The van der Waals surface area contributed by atoms with Crippen molar-refractivity contribution in [2.24, 2.45) is 0 Å². The van der Waals surface area contributed by atoms with E-state index in [1.807, 2.05) is 6.07 Å². The molecule has 0 spiro atoms. The number of rotatable bonds is 3. The van der Waals surface area contributed by atoms with Crippen molar-refractivity contribution in [2.75, 3.05) is 26.2 Å². The van der Waals surface area contributed by atoms with Crippen molar-refractivity contribution < 1.29 is 17.7 Å². The third kappa shape index (κ3) is 3.31. The van der Waals surface area contributed by atoms with Gasteiger partial charge in [-0.2, -0.15) is 4.31 Å². The molecule has 0 N–H and O–H groups in total. The topological polar surface area (TPSA) is 83.7 Å². The third-order valence-electron chi connectivity index (χ3n) is 4.23. The molecule has 1 saturated heterocycles. The average molecular weight is 381 g/mol. The average Bonchev–Trinajstić information content (AvgIpc) is 2.94. The van der Waals surface area contributed by atoms with E-state index in [4.69, 9.17) is 4.52 Å². The predicted molar refractivity (Wildman–Crippen MR) is 94.3 cm³/mol. The van der Waals surface area contributed by atoms with E-state index in [0.29, 0.717) is 29.2 Å². The molecule has 25 heavy (non-hydrogen) atoms. The van der Waals surface area contributed by atoms with E-state index in [1.165, 1.54) is 4.31 Å². The number of hydrogen-bond donors (Lipinski definition) is 1. The van der Waals surface area contributed by atoms with Gasteiger partial charge >= 0.3 is 0 Å². The van der Waals surface area contributed by atoms with Crippen LogP contribution in [0, 0.1) is 13.8 Å². The second kappa shape index (κ2) is 6.81. The van der Waals surface area contributed by atoms with Crippen LogP contribution in [-0.4, -0.2) is 54.9 Å². The molecule has 1 aliphatic heterocycles. The van der Waals surface area contributed by atoms with Gasteiger partial charge in [-0.05, 0) is 26.0 Å². The van der Waals surface area contributed by atoms with Crippen molar-refractivity contribution in [2.45, 2.75) is 23.6 Å². The van der Waals surface area contributed by atoms with Crippen LogP contribution in [0.15, 0.2) is 38.6 Å². The summed E-state index contributed by atoms with van der Waals surface area (Å²) in [5.74, 6) is 0.139. The molecule has 7 nitrogen and oxygen atoms in total. The molecule has 0 aliphatic carbocycles. The Morgan fingerprint density at radius 2 is 1.80 bits per heavy atom. The number of sulfonamides is 1. The summed E-state index contributed by atoms with van der Waals surface area (Å²) >= 11 is 4.31. The number of aromatic nitrogens is 1. The zero-order valence-corrected chi connectivity index (χ0v) is 15.7. The van der Waals surface area contributed by atoms with E-state index in [9.17, 15) is 13.2 Å². The first kappa shape index (κ1) is 18.0. The SMILES string of the molecule is Cc1noc(C)c1S(=O)(=O)N1CCN(C(=O)c2ccccc2S)CC1. The lowest BCUT2D eigenvalue weighted by molar-refractivity contribution is 0.0694. The lowest BCUT2D eigenvalue weighted by atomic mass is 10.2. The highest BCUT2D eigenvalue weighted by atomic mass is 32.2. The van der Waals surface area contributed by atoms with E-state index < -0.39 is 10.0 Å². The molecule has 1 aromatic carbocycles. The molecule has 1 aliphatic rings. The molecule has 0 bridgehead atoms. The Morgan fingerprint density at radius 3 is 2.36 bits per heavy atom. The molecule has 134 valence electrons. The van der Waals surface area contributed by atoms with Gasteiger partial charge in [0.1, 0.15) is 10.6 Å². The smallest absolute Gasteiger partial charge is 0.255 e. The predicted octanol–water partition coefficient (Wildman–Crippen LogP) is 1.73. The molecule has 1 fully saturated rings. The zero-order valence-electron chi connectivity index (χ0n) is 14.0. The normalized spacial score (nSPS) is 16.2. The summed E-state index contributed by atoms with van der Waals surface area (Å²) in [6.07, 6.45) is 0. The molecule has 2 aromatic rings. The Morgan fingerprint density at radius 1 is 1.16 bits per heavy atom. The van der Waals surface area contributed by atoms with Crippen LogP contribution in [0.4, 0.5) is 0 Å². The zero-order chi connectivity index (χ0) is 18.2. The van der Waals surface area contributed by atoms with E-state index in [0.717, 1.165) is 0 Å². The van der Waals surface area contributed by atoms with Gasteiger partial charge in [0.05, 0.1) is 5.56 Å². The molecular formula is C16H19N3O4S2. The molecule has 1 amide bonds. The minimum atomic E-state index is -3.68. The Balaban J connectivity index is 1.74. The molecule has 0 saturated carbocycles. The van der Waals surface area contributed by atoms with Crippen molar-refractivity contribution in [3.05, 3.63) is 41.3 Å². The number of nitrogens with zero attached hydrogens (tertiary/aromatic N) is 3. The molecule has 9 heteroatoms. The van der Waals surface area contributed by atoms with Gasteiger partial charge in [-0.25, -0.2) is 8.42 Å². The van der Waals surface area contributed by atoms with Crippen molar-refractivity contribution in [1.82, 2.24) is 14.4 Å². The summed E-state index contributed by atoms with van der Waals surface area (Å²) < 4.78 is 31.9. The first-order valence-corrected chi connectivity index (χ1v) is 9.71. The van der Waals surface area contributed by atoms with Crippen LogP contribution in [-0.2, 0) is 10.0 Å². The minimum Gasteiger partial charge on any atom is -0.360 e. The molecule has 1 aromatic heterocycles. The maximum atomic E-state index is 12.8. The largest absolute Gasteiger partial charge is 0.360 e. The Labute approximate surface area is 152 Å². The van der Waals surface area contributed by atoms with Gasteiger partial charge in [-0.15, -0.1) is 12.6 Å². The van der Waals surface area contributed by atoms with Crippen molar-refractivity contribution in [3.63, 3.8) is 0 Å². The van der Waals surface area contributed by atoms with Gasteiger partial charge in [-0.1, -0.05) is 17.3 Å². The second-order valence-corrected chi connectivity index (χ2v) is 8.22. The van der Waals surface area contributed by atoms with Gasteiger partial charge in [0.2, 0.25) is 10.0 Å². The summed E-state index contributed by atoms with van der Waals surface area (Å²) in [7, 11) is -3.68. The van der Waals surface area contributed by atoms with Crippen LogP contribution >= 0.6 is 12.6 Å². The van der Waals surface area contributed by atoms with Crippen molar-refractivity contribution in [3.8, 4) is 0 Å². The van der Waals surface area contributed by atoms with Gasteiger partial charge in [-0.3, -0.25) is 4.79 Å². The van der Waals surface area contributed by atoms with Crippen molar-refractivity contribution in [1.29, 1.82) is 0 Å². The summed E-state index contributed by atoms with van der Waals surface area (Å²) in [4.78, 5) is 15.0. The fourth-order valence-corrected chi connectivity index (χ4v) is 4.90. The minimum absolute atomic E-state index is 0.119. The number of piperazine rings is 1. The molecule has 0 atom stereocenters. The Kier molecular flexibility index (Phi) is 4.90. The molecule has 0 unspecified atom stereocenters. The highest BCUT2D eigenvalue weighted by Crippen LogP contribution is 2.25. The molecular weight excluding hydrogens is 362 g/mol. The van der Waals surface area contributed by atoms with Crippen LogP contribution in [0.1, 0.15) is 21.8 Å². The highest BCUT2D eigenvalue weighted by molar-refractivity contribution is 7.89. The number of carbonyl (C=O) groups excluding carboxylic acids is 1. The second-order valence-electron chi connectivity index (χ2n) is 5.87. The van der Waals surface area contributed by atoms with Crippen LogP contribution in [0.5, 0.6) is 0 Å². The Bertz CT molecular complexity index is 880. The first-order valence-electron chi connectivity index (χ1n) is 7.82. The maximum absolute atomic E-state index is 12.8. The number of benzene rings is 1. The van der Waals surface area contributed by atoms with Crippen LogP contribution in [0.3, 0.4) is 0 Å². The van der Waals surface area contributed by atoms with E-state index in [2.05, 4.69) is 17.8 Å². The summed E-state index contributed by atoms with van der Waals surface area (Å²) in [6, 6.07) is 7.07. The molecule has 2 heterocycles. The summed E-state index contributed by atoms with van der Waals surface area (Å²) in [5, 5.41) is 3.72. The van der Waals surface area contributed by atoms with Gasteiger partial charge in [0, 0.05) is 31.1 Å². The van der Waals surface area contributed by atoms with Gasteiger partial charge in [0.25, 0.3) is 5.91 Å². The van der Waals surface area contributed by atoms with Gasteiger partial charge in [0.15, 0.2) is 5.76 Å². The third-order valence-corrected chi connectivity index (χ3v) is 6.76.